The number of nitrogens with one attached hydrogen (secondary N) is 1. The highest BCUT2D eigenvalue weighted by Gasteiger charge is 2.28. The van der Waals surface area contributed by atoms with Crippen LogP contribution in [-0.2, 0) is 11.3 Å². The number of hydrogen-bond donors (Lipinski definition) is 2. The van der Waals surface area contributed by atoms with Gasteiger partial charge in [0.2, 0.25) is 6.33 Å². The molecule has 0 unspecified atom stereocenters. The number of rotatable bonds is 3. The lowest BCUT2D eigenvalue weighted by atomic mass is 10.4. The van der Waals surface area contributed by atoms with Crippen LogP contribution in [0.3, 0.4) is 0 Å². The fourth-order valence-corrected chi connectivity index (χ4v) is 0.713. The summed E-state index contributed by atoms with van der Waals surface area (Å²) in [5.41, 5.74) is 0. The Morgan fingerprint density at radius 3 is 2.38 bits per heavy atom. The number of aromatic nitrogens is 2. The molecule has 2 N–H and O–H groups in total. The Hall–Kier alpha value is -1.57. The number of carbonyl (C=O) groups is 1. The molecular formula is C8H11F3N2O3. The van der Waals surface area contributed by atoms with Crippen molar-refractivity contribution in [1.82, 2.24) is 4.98 Å². The quantitative estimate of drug-likeness (QED) is 0.664. The first-order valence-corrected chi connectivity index (χ1v) is 4.28. The topological polar surface area (TPSA) is 80.0 Å². The average Bonchev–Trinajstić information content (AvgIpc) is 2.66. The maximum atomic E-state index is 10.5. The number of aliphatic carboxylic acids is 1. The summed E-state index contributed by atoms with van der Waals surface area (Å²) >= 11 is 0. The van der Waals surface area contributed by atoms with Crippen LogP contribution >= 0.6 is 0 Å². The van der Waals surface area contributed by atoms with Crippen LogP contribution in [0.2, 0.25) is 0 Å². The minimum atomic E-state index is -5.19. The zero-order valence-corrected chi connectivity index (χ0v) is 8.20. The third-order valence-electron chi connectivity index (χ3n) is 1.41. The molecular weight excluding hydrogens is 229 g/mol. The summed E-state index contributed by atoms with van der Waals surface area (Å²) < 4.78 is 33.5. The van der Waals surface area contributed by atoms with E-state index in [1.54, 1.807) is 0 Å². The maximum Gasteiger partial charge on any atom is 0.430 e. The lowest BCUT2D eigenvalue weighted by Crippen LogP contribution is -2.37. The maximum absolute atomic E-state index is 10.5. The molecule has 0 spiro atoms. The molecule has 0 aliphatic carbocycles. The summed E-state index contributed by atoms with van der Waals surface area (Å²) in [4.78, 5) is 11.7. The van der Waals surface area contributed by atoms with Crippen molar-refractivity contribution in [3.8, 4) is 0 Å². The summed E-state index contributed by atoms with van der Waals surface area (Å²) in [7, 11) is 0. The fraction of sp³-hybridized carbons (Fsp3) is 0.500. The van der Waals surface area contributed by atoms with E-state index >= 15 is 0 Å². The molecule has 1 aromatic heterocycles. The predicted octanol–water partition coefficient (Wildman–Crippen LogP) is -1.02. The first kappa shape index (κ1) is 14.4. The Morgan fingerprint density at radius 2 is 2.06 bits per heavy atom. The lowest BCUT2D eigenvalue weighted by Gasteiger charge is -2.03. The van der Waals surface area contributed by atoms with E-state index in [0.717, 1.165) is 13.0 Å². The number of H-pyrrole nitrogens is 1. The molecule has 5 nitrogen and oxygen atoms in total. The van der Waals surface area contributed by atoms with Gasteiger partial charge in [0, 0.05) is 13.0 Å². The fourth-order valence-electron chi connectivity index (χ4n) is 0.713. The molecule has 0 atom stereocenters. The molecule has 0 aliphatic heterocycles. The molecule has 0 radical (unpaired) electrons. The molecule has 0 saturated carbocycles. The monoisotopic (exact) mass is 240 g/mol. The zero-order chi connectivity index (χ0) is 12.6. The smallest absolute Gasteiger partial charge is 0.430 e. The number of imidazole rings is 1. The van der Waals surface area contributed by atoms with Crippen LogP contribution in [0, 0.1) is 0 Å². The number of alkyl halides is 3. The number of nitrogens with zero attached hydrogens (tertiary/aromatic N) is 1. The number of carboxylic acids is 1. The second-order valence-corrected chi connectivity index (χ2v) is 2.71. The Morgan fingerprint density at radius 1 is 1.50 bits per heavy atom. The van der Waals surface area contributed by atoms with Gasteiger partial charge in [0.15, 0.2) is 0 Å². The molecule has 8 heteroatoms. The number of halogens is 3. The third-order valence-corrected chi connectivity index (χ3v) is 1.41. The highest BCUT2D eigenvalue weighted by molar-refractivity contribution is 5.70. The van der Waals surface area contributed by atoms with Crippen LogP contribution in [0.1, 0.15) is 6.42 Å². The van der Waals surface area contributed by atoms with Gasteiger partial charge in [-0.15, -0.1) is 0 Å². The third kappa shape index (κ3) is 6.82. The molecule has 1 aromatic rings. The number of carbonyl (C=O) groups excluding carboxylic acids is 1. The molecule has 1 heterocycles. The molecule has 0 fully saturated rings. The number of aromatic amines is 1. The standard InChI is InChI=1S/C6H10N2O.C2HF3O2/c9-5-1-3-8-4-2-7-6-8;3-2(4,5)1(6)7/h2,4,6,9H,1,3,5H2;(H,6,7). The lowest BCUT2D eigenvalue weighted by molar-refractivity contribution is -0.696. The predicted molar refractivity (Wildman–Crippen MR) is 43.8 cm³/mol. The second kappa shape index (κ2) is 6.83. The van der Waals surface area contributed by atoms with Gasteiger partial charge < -0.3 is 15.0 Å². The highest BCUT2D eigenvalue weighted by atomic mass is 19.4. The molecule has 92 valence electrons. The van der Waals surface area contributed by atoms with Crippen LogP contribution in [0.4, 0.5) is 13.2 Å². The Labute approximate surface area is 89.1 Å². The largest absolute Gasteiger partial charge is 0.542 e. The Bertz CT molecular complexity index is 298. The van der Waals surface area contributed by atoms with Crippen molar-refractivity contribution in [2.75, 3.05) is 6.61 Å². The number of aryl methyl sites for hydroxylation is 1. The number of hydrogen-bond acceptors (Lipinski definition) is 3. The van der Waals surface area contributed by atoms with Gasteiger partial charge >= 0.3 is 6.18 Å². The van der Waals surface area contributed by atoms with E-state index in [2.05, 4.69) is 4.98 Å². The van der Waals surface area contributed by atoms with Crippen molar-refractivity contribution >= 4 is 5.97 Å². The highest BCUT2D eigenvalue weighted by Crippen LogP contribution is 2.11. The molecule has 16 heavy (non-hydrogen) atoms. The van der Waals surface area contributed by atoms with E-state index < -0.39 is 12.1 Å². The van der Waals surface area contributed by atoms with Crippen molar-refractivity contribution in [2.24, 2.45) is 0 Å². The van der Waals surface area contributed by atoms with Gasteiger partial charge in [-0.1, -0.05) is 0 Å². The van der Waals surface area contributed by atoms with E-state index in [1.807, 2.05) is 23.3 Å². The molecule has 0 aliphatic rings. The van der Waals surface area contributed by atoms with Crippen molar-refractivity contribution in [1.29, 1.82) is 0 Å². The van der Waals surface area contributed by atoms with Gasteiger partial charge in [0.1, 0.15) is 18.4 Å². The second-order valence-electron chi connectivity index (χ2n) is 2.71. The average molecular weight is 240 g/mol. The Balaban J connectivity index is 0.000000293. The summed E-state index contributed by atoms with van der Waals surface area (Å²) in [6.45, 7) is 1.15. The first-order valence-electron chi connectivity index (χ1n) is 4.28. The van der Waals surface area contributed by atoms with Crippen molar-refractivity contribution in [2.45, 2.75) is 19.1 Å². The molecule has 0 amide bonds. The number of carboxylic acid groups (broad SMARTS) is 1. The summed E-state index contributed by atoms with van der Waals surface area (Å²) in [6, 6.07) is 0. The van der Waals surface area contributed by atoms with Gasteiger partial charge in [0.05, 0.1) is 6.54 Å². The van der Waals surface area contributed by atoms with Crippen LogP contribution in [0.5, 0.6) is 0 Å². The van der Waals surface area contributed by atoms with Crippen LogP contribution < -0.4 is 9.67 Å². The van der Waals surface area contributed by atoms with E-state index in [1.165, 1.54) is 0 Å². The minimum Gasteiger partial charge on any atom is -0.542 e. The Kier molecular flexibility index (Phi) is 6.16. The van der Waals surface area contributed by atoms with Crippen molar-refractivity contribution in [3.63, 3.8) is 0 Å². The van der Waals surface area contributed by atoms with Gasteiger partial charge in [-0.3, -0.25) is 4.98 Å². The number of aliphatic hydroxyl groups excluding tert-OH is 1. The van der Waals surface area contributed by atoms with Crippen LogP contribution in [-0.4, -0.2) is 28.8 Å². The summed E-state index contributed by atoms with van der Waals surface area (Å²) in [5, 5.41) is 17.2. The summed E-state index contributed by atoms with van der Waals surface area (Å²) in [5.74, 6) is -3.01. The van der Waals surface area contributed by atoms with Gasteiger partial charge in [0.25, 0.3) is 0 Å². The molecule has 0 aromatic carbocycles. The minimum absolute atomic E-state index is 0.262. The van der Waals surface area contributed by atoms with Gasteiger partial charge in [-0.2, -0.15) is 13.2 Å². The van der Waals surface area contributed by atoms with Crippen molar-refractivity contribution < 1.29 is 32.7 Å². The SMILES string of the molecule is O=C([O-])C(F)(F)F.OCCC[n+]1cc[nH]c1. The van der Waals surface area contributed by atoms with Crippen LogP contribution in [0.25, 0.3) is 0 Å². The zero-order valence-electron chi connectivity index (χ0n) is 8.20. The van der Waals surface area contributed by atoms with Gasteiger partial charge in [-0.05, 0) is 0 Å². The molecule has 0 saturated heterocycles. The molecule has 0 bridgehead atoms. The normalized spacial score (nSPS) is 10.5. The van der Waals surface area contributed by atoms with Crippen LogP contribution in [0.15, 0.2) is 18.7 Å². The van der Waals surface area contributed by atoms with Crippen molar-refractivity contribution in [3.05, 3.63) is 18.7 Å². The summed E-state index contributed by atoms with van der Waals surface area (Å²) in [6.07, 6.45) is 1.30. The van der Waals surface area contributed by atoms with E-state index in [-0.39, 0.29) is 6.61 Å². The van der Waals surface area contributed by atoms with E-state index in [0.29, 0.717) is 0 Å². The van der Waals surface area contributed by atoms with Gasteiger partial charge in [-0.25, -0.2) is 4.57 Å². The van der Waals surface area contributed by atoms with E-state index in [9.17, 15) is 13.2 Å². The first-order chi connectivity index (χ1) is 7.38. The molecule has 1 rings (SSSR count). The van der Waals surface area contributed by atoms with E-state index in [4.69, 9.17) is 15.0 Å². The number of aliphatic hydroxyl groups is 1.